The summed E-state index contributed by atoms with van der Waals surface area (Å²) in [5, 5.41) is 11.4. The predicted molar refractivity (Wildman–Crippen MR) is 72.7 cm³/mol. The molecular weight excluding hydrogens is 250 g/mol. The number of hydrogen-bond acceptors (Lipinski definition) is 3. The summed E-state index contributed by atoms with van der Waals surface area (Å²) in [6, 6.07) is 8.38. The summed E-state index contributed by atoms with van der Waals surface area (Å²) in [6.45, 7) is 1.75. The fraction of sp³-hybridized carbons (Fsp3) is 0.385. The van der Waals surface area contributed by atoms with E-state index in [2.05, 4.69) is 5.32 Å². The molecule has 2 atom stereocenters. The number of amides is 1. The maximum atomic E-state index is 11.7. The van der Waals surface area contributed by atoms with Crippen LogP contribution in [0.25, 0.3) is 0 Å². The van der Waals surface area contributed by atoms with Gasteiger partial charge in [0, 0.05) is 6.42 Å². The molecule has 1 amide bonds. The third kappa shape index (κ3) is 4.41. The first kappa shape index (κ1) is 14.6. The molecule has 0 saturated heterocycles. The van der Waals surface area contributed by atoms with Crippen molar-refractivity contribution >= 4 is 23.6 Å². The normalized spacial score (nSPS) is 13.7. The monoisotopic (exact) mass is 267 g/mol. The van der Waals surface area contributed by atoms with Crippen LogP contribution in [0.15, 0.2) is 30.3 Å². The first-order chi connectivity index (χ1) is 8.54. The Hall–Kier alpha value is -1.49. The van der Waals surface area contributed by atoms with E-state index in [0.29, 0.717) is 6.42 Å². The first-order valence-electron chi connectivity index (χ1n) is 5.64. The lowest BCUT2D eigenvalue weighted by Gasteiger charge is -2.16. The molecule has 0 radical (unpaired) electrons. The maximum Gasteiger partial charge on any atom is 0.326 e. The molecule has 0 saturated carbocycles. The number of hydrogen-bond donors (Lipinski definition) is 2. The van der Waals surface area contributed by atoms with E-state index in [-0.39, 0.29) is 11.2 Å². The Labute approximate surface area is 111 Å². The van der Waals surface area contributed by atoms with Crippen molar-refractivity contribution in [2.75, 3.05) is 6.26 Å². The summed E-state index contributed by atoms with van der Waals surface area (Å²) in [5.74, 6) is -1.26. The van der Waals surface area contributed by atoms with E-state index in [1.165, 1.54) is 11.8 Å². The summed E-state index contributed by atoms with van der Waals surface area (Å²) in [5.41, 5.74) is 0.891. The smallest absolute Gasteiger partial charge is 0.326 e. The molecule has 1 aromatic carbocycles. The van der Waals surface area contributed by atoms with Gasteiger partial charge in [-0.15, -0.1) is 0 Å². The molecule has 2 N–H and O–H groups in total. The minimum atomic E-state index is -1.01. The van der Waals surface area contributed by atoms with E-state index in [1.54, 1.807) is 6.92 Å². The number of carbonyl (C=O) groups excluding carboxylic acids is 1. The molecule has 5 heteroatoms. The number of thioether (sulfide) groups is 1. The number of carboxylic acids is 1. The van der Waals surface area contributed by atoms with Gasteiger partial charge in [-0.25, -0.2) is 4.79 Å². The zero-order valence-electron chi connectivity index (χ0n) is 10.4. The van der Waals surface area contributed by atoms with Crippen molar-refractivity contribution in [1.82, 2.24) is 5.32 Å². The standard InChI is InChI=1S/C13H17NO3S/c1-9(18-2)12(15)14-11(13(16)17)8-10-6-4-3-5-7-10/h3-7,9,11H,8H2,1-2H3,(H,14,15)(H,16,17)/t9?,11-/m0/s1. The average molecular weight is 267 g/mol. The van der Waals surface area contributed by atoms with Gasteiger partial charge in [-0.1, -0.05) is 30.3 Å². The zero-order chi connectivity index (χ0) is 13.5. The van der Waals surface area contributed by atoms with E-state index >= 15 is 0 Å². The number of aliphatic carboxylic acids is 1. The maximum absolute atomic E-state index is 11.7. The van der Waals surface area contributed by atoms with Crippen LogP contribution >= 0.6 is 11.8 Å². The summed E-state index contributed by atoms with van der Waals surface area (Å²) < 4.78 is 0. The average Bonchev–Trinajstić information content (AvgIpc) is 2.37. The number of rotatable bonds is 6. The van der Waals surface area contributed by atoms with Crippen LogP contribution in [0.1, 0.15) is 12.5 Å². The molecule has 0 aliphatic rings. The Balaban J connectivity index is 2.67. The van der Waals surface area contributed by atoms with Gasteiger partial charge >= 0.3 is 5.97 Å². The molecular formula is C13H17NO3S. The van der Waals surface area contributed by atoms with Crippen LogP contribution in [0.4, 0.5) is 0 Å². The summed E-state index contributed by atoms with van der Waals surface area (Å²) >= 11 is 1.39. The van der Waals surface area contributed by atoms with Gasteiger partial charge in [0.15, 0.2) is 0 Å². The fourth-order valence-electron chi connectivity index (χ4n) is 1.45. The number of nitrogens with one attached hydrogen (secondary N) is 1. The Morgan fingerprint density at radius 2 is 1.94 bits per heavy atom. The molecule has 0 aliphatic heterocycles. The summed E-state index contributed by atoms with van der Waals surface area (Å²) in [6.07, 6.45) is 2.11. The molecule has 0 spiro atoms. The van der Waals surface area contributed by atoms with Crippen molar-refractivity contribution < 1.29 is 14.7 Å². The second-order valence-electron chi connectivity index (χ2n) is 3.97. The number of carboxylic acid groups (broad SMARTS) is 1. The van der Waals surface area contributed by atoms with Crippen molar-refractivity contribution in [3.63, 3.8) is 0 Å². The molecule has 1 rings (SSSR count). The minimum Gasteiger partial charge on any atom is -0.480 e. The predicted octanol–water partition coefficient (Wildman–Crippen LogP) is 1.55. The van der Waals surface area contributed by atoms with Crippen molar-refractivity contribution in [3.8, 4) is 0 Å². The quantitative estimate of drug-likeness (QED) is 0.820. The lowest BCUT2D eigenvalue weighted by Crippen LogP contribution is -2.45. The van der Waals surface area contributed by atoms with Crippen molar-refractivity contribution in [3.05, 3.63) is 35.9 Å². The summed E-state index contributed by atoms with van der Waals surface area (Å²) in [4.78, 5) is 22.8. The highest BCUT2D eigenvalue weighted by atomic mass is 32.2. The van der Waals surface area contributed by atoms with Crippen molar-refractivity contribution in [2.24, 2.45) is 0 Å². The fourth-order valence-corrected chi connectivity index (χ4v) is 1.73. The van der Waals surface area contributed by atoms with Gasteiger partial charge < -0.3 is 10.4 Å². The lowest BCUT2D eigenvalue weighted by atomic mass is 10.1. The van der Waals surface area contributed by atoms with Crippen LogP contribution in [0.3, 0.4) is 0 Å². The highest BCUT2D eigenvalue weighted by molar-refractivity contribution is 7.99. The SMILES string of the molecule is CSC(C)C(=O)N[C@@H](Cc1ccccc1)C(=O)O. The van der Waals surface area contributed by atoms with Crippen LogP contribution in [0, 0.1) is 0 Å². The molecule has 1 unspecified atom stereocenters. The zero-order valence-corrected chi connectivity index (χ0v) is 11.2. The van der Waals surface area contributed by atoms with E-state index in [9.17, 15) is 9.59 Å². The van der Waals surface area contributed by atoms with Gasteiger partial charge in [0.25, 0.3) is 0 Å². The Morgan fingerprint density at radius 3 is 2.44 bits per heavy atom. The molecule has 0 heterocycles. The summed E-state index contributed by atoms with van der Waals surface area (Å²) in [7, 11) is 0. The Bertz CT molecular complexity index is 408. The van der Waals surface area contributed by atoms with Gasteiger partial charge in [0.2, 0.25) is 5.91 Å². The van der Waals surface area contributed by atoms with Crippen molar-refractivity contribution in [2.45, 2.75) is 24.6 Å². The lowest BCUT2D eigenvalue weighted by molar-refractivity contribution is -0.141. The molecule has 1 aromatic rings. The topological polar surface area (TPSA) is 66.4 Å². The van der Waals surface area contributed by atoms with Crippen molar-refractivity contribution in [1.29, 1.82) is 0 Å². The van der Waals surface area contributed by atoms with Crippen LogP contribution in [-0.2, 0) is 16.0 Å². The minimum absolute atomic E-state index is 0.245. The third-order valence-corrected chi connectivity index (χ3v) is 3.54. The Morgan fingerprint density at radius 1 is 1.33 bits per heavy atom. The van der Waals surface area contributed by atoms with Gasteiger partial charge in [0.05, 0.1) is 5.25 Å². The van der Waals surface area contributed by atoms with Crippen LogP contribution in [0.2, 0.25) is 0 Å². The van der Waals surface area contributed by atoms with E-state index < -0.39 is 12.0 Å². The first-order valence-corrected chi connectivity index (χ1v) is 6.93. The molecule has 98 valence electrons. The molecule has 0 fully saturated rings. The third-order valence-electron chi connectivity index (χ3n) is 2.62. The number of benzene rings is 1. The molecule has 0 aromatic heterocycles. The van der Waals surface area contributed by atoms with E-state index in [4.69, 9.17) is 5.11 Å². The van der Waals surface area contributed by atoms with Gasteiger partial charge in [-0.3, -0.25) is 4.79 Å². The highest BCUT2D eigenvalue weighted by Crippen LogP contribution is 2.07. The molecule has 4 nitrogen and oxygen atoms in total. The van der Waals surface area contributed by atoms with E-state index in [1.807, 2.05) is 36.6 Å². The van der Waals surface area contributed by atoms with Gasteiger partial charge in [0.1, 0.15) is 6.04 Å². The number of carbonyl (C=O) groups is 2. The van der Waals surface area contributed by atoms with E-state index in [0.717, 1.165) is 5.56 Å². The second kappa shape index (κ2) is 7.06. The van der Waals surface area contributed by atoms with Crippen LogP contribution in [0.5, 0.6) is 0 Å². The Kier molecular flexibility index (Phi) is 5.71. The second-order valence-corrected chi connectivity index (χ2v) is 5.15. The molecule has 18 heavy (non-hydrogen) atoms. The highest BCUT2D eigenvalue weighted by Gasteiger charge is 2.22. The van der Waals surface area contributed by atoms with Gasteiger partial charge in [-0.2, -0.15) is 11.8 Å². The largest absolute Gasteiger partial charge is 0.480 e. The molecule has 0 bridgehead atoms. The van der Waals surface area contributed by atoms with Gasteiger partial charge in [-0.05, 0) is 18.7 Å². The molecule has 0 aliphatic carbocycles. The van der Waals surface area contributed by atoms with Crippen LogP contribution in [-0.4, -0.2) is 34.5 Å². The van der Waals surface area contributed by atoms with Crippen LogP contribution < -0.4 is 5.32 Å².